The Bertz CT molecular complexity index is 719. The van der Waals surface area contributed by atoms with Crippen LogP contribution in [-0.4, -0.2) is 26.8 Å². The number of nitrogens with zero attached hydrogens (tertiary/aromatic N) is 3. The van der Waals surface area contributed by atoms with Gasteiger partial charge in [0.05, 0.1) is 0 Å². The van der Waals surface area contributed by atoms with Gasteiger partial charge >= 0.3 is 0 Å². The lowest BCUT2D eigenvalue weighted by atomic mass is 10.2. The van der Waals surface area contributed by atoms with Gasteiger partial charge in [-0.3, -0.25) is 0 Å². The number of anilines is 1. The van der Waals surface area contributed by atoms with Gasteiger partial charge in [-0.25, -0.2) is 0 Å². The molecule has 0 bridgehead atoms. The average molecular weight is 274 g/mol. The molecule has 3 aromatic rings. The molecule has 0 aliphatic heterocycles. The van der Waals surface area contributed by atoms with Crippen molar-refractivity contribution in [3.8, 4) is 0 Å². The number of rotatable bonds is 5. The van der Waals surface area contributed by atoms with Crippen molar-refractivity contribution >= 4 is 17.1 Å². The third-order valence-corrected chi connectivity index (χ3v) is 2.81. The summed E-state index contributed by atoms with van der Waals surface area (Å²) in [7, 11) is 0. The lowest BCUT2D eigenvalue weighted by Crippen LogP contribution is -2.06. The lowest BCUT2D eigenvalue weighted by molar-refractivity contribution is 0.222. The highest BCUT2D eigenvalue weighted by molar-refractivity contribution is 5.75. The largest absolute Gasteiger partial charge is 0.424 e. The maximum absolute atomic E-state index is 8.82. The van der Waals surface area contributed by atoms with E-state index < -0.39 is 0 Å². The van der Waals surface area contributed by atoms with E-state index in [-0.39, 0.29) is 12.5 Å². The number of nitrogens with one attached hydrogen (secondary N) is 1. The van der Waals surface area contributed by atoms with E-state index in [0.717, 1.165) is 16.7 Å². The van der Waals surface area contributed by atoms with Crippen LogP contribution in [0.1, 0.15) is 17.3 Å². The topological polar surface area (TPSA) is 97.2 Å². The first kappa shape index (κ1) is 12.6. The summed E-state index contributed by atoms with van der Waals surface area (Å²) in [5.74, 6) is 0.755. The fourth-order valence-electron chi connectivity index (χ4n) is 1.85. The van der Waals surface area contributed by atoms with Gasteiger partial charge in [-0.2, -0.15) is 9.97 Å². The third kappa shape index (κ3) is 2.62. The third-order valence-electron chi connectivity index (χ3n) is 2.81. The molecule has 1 aromatic carbocycles. The van der Waals surface area contributed by atoms with Crippen molar-refractivity contribution in [2.24, 2.45) is 0 Å². The molecule has 7 heteroatoms. The summed E-state index contributed by atoms with van der Waals surface area (Å²) in [5, 5.41) is 15.6. The van der Waals surface area contributed by atoms with Crippen LogP contribution < -0.4 is 5.32 Å². The average Bonchev–Trinajstić information content (AvgIpc) is 3.04. The minimum atomic E-state index is -0.245. The Morgan fingerprint density at radius 1 is 1.30 bits per heavy atom. The normalized spacial score (nSPS) is 11.1. The van der Waals surface area contributed by atoms with E-state index in [4.69, 9.17) is 14.0 Å². The molecule has 0 amide bonds. The van der Waals surface area contributed by atoms with Gasteiger partial charge in [-0.1, -0.05) is 11.2 Å². The van der Waals surface area contributed by atoms with Crippen molar-refractivity contribution in [1.82, 2.24) is 15.1 Å². The fraction of sp³-hybridized carbons (Fsp3) is 0.308. The van der Waals surface area contributed by atoms with E-state index in [1.54, 1.807) is 0 Å². The van der Waals surface area contributed by atoms with Crippen LogP contribution in [0.25, 0.3) is 11.1 Å². The molecule has 0 fully saturated rings. The number of fused-ring (bicyclic) bond motifs is 1. The first-order valence-corrected chi connectivity index (χ1v) is 6.28. The molecule has 20 heavy (non-hydrogen) atoms. The number of aromatic nitrogens is 3. The molecule has 0 unspecified atom stereocenters. The molecule has 2 aromatic heterocycles. The van der Waals surface area contributed by atoms with Gasteiger partial charge in [-0.05, 0) is 24.6 Å². The summed E-state index contributed by atoms with van der Waals surface area (Å²) >= 11 is 0. The minimum Gasteiger partial charge on any atom is -0.424 e. The monoisotopic (exact) mass is 274 g/mol. The standard InChI is InChI=1S/C13H14N4O3/c1-8-2-3-10-9(6-8)15-13(19-10)14-5-4-11-16-12(7-18)20-17-11/h2-3,6,18H,4-5,7H2,1H3,(H,14,15). The zero-order chi connectivity index (χ0) is 13.9. The van der Waals surface area contributed by atoms with Gasteiger partial charge in [0.1, 0.15) is 12.1 Å². The summed E-state index contributed by atoms with van der Waals surface area (Å²) < 4.78 is 10.4. The Hall–Kier alpha value is -2.41. The van der Waals surface area contributed by atoms with Crippen LogP contribution in [0, 0.1) is 6.92 Å². The number of hydrogen-bond acceptors (Lipinski definition) is 7. The van der Waals surface area contributed by atoms with Crippen molar-refractivity contribution in [3.05, 3.63) is 35.5 Å². The van der Waals surface area contributed by atoms with Crippen LogP contribution in [-0.2, 0) is 13.0 Å². The number of aliphatic hydroxyl groups is 1. The van der Waals surface area contributed by atoms with E-state index in [2.05, 4.69) is 20.4 Å². The second-order valence-corrected chi connectivity index (χ2v) is 4.43. The zero-order valence-electron chi connectivity index (χ0n) is 11.0. The maximum atomic E-state index is 8.82. The number of aliphatic hydroxyl groups excluding tert-OH is 1. The Labute approximate surface area is 114 Å². The van der Waals surface area contributed by atoms with Gasteiger partial charge < -0.3 is 19.4 Å². The number of aryl methyl sites for hydroxylation is 1. The van der Waals surface area contributed by atoms with Crippen molar-refractivity contribution in [2.45, 2.75) is 20.0 Å². The van der Waals surface area contributed by atoms with Gasteiger partial charge in [-0.15, -0.1) is 0 Å². The molecule has 0 spiro atoms. The Kier molecular flexibility index (Phi) is 3.34. The Morgan fingerprint density at radius 3 is 3.00 bits per heavy atom. The smallest absolute Gasteiger partial charge is 0.295 e. The van der Waals surface area contributed by atoms with Crippen LogP contribution in [0.2, 0.25) is 0 Å². The molecule has 0 radical (unpaired) electrons. The Balaban J connectivity index is 1.62. The molecule has 2 heterocycles. The molecular formula is C13H14N4O3. The van der Waals surface area contributed by atoms with Crippen LogP contribution >= 0.6 is 0 Å². The molecule has 3 rings (SSSR count). The van der Waals surface area contributed by atoms with E-state index >= 15 is 0 Å². The second kappa shape index (κ2) is 5.30. The molecule has 2 N–H and O–H groups in total. The summed E-state index contributed by atoms with van der Waals surface area (Å²) in [6.07, 6.45) is 0.557. The summed E-state index contributed by atoms with van der Waals surface area (Å²) in [5.41, 5.74) is 2.72. The molecule has 7 nitrogen and oxygen atoms in total. The minimum absolute atomic E-state index is 0.220. The quantitative estimate of drug-likeness (QED) is 0.730. The molecule has 0 aliphatic rings. The number of benzene rings is 1. The van der Waals surface area contributed by atoms with Crippen molar-refractivity contribution in [1.29, 1.82) is 0 Å². The molecule has 0 aliphatic carbocycles. The van der Waals surface area contributed by atoms with Crippen LogP contribution in [0.15, 0.2) is 27.1 Å². The number of oxazole rings is 1. The Morgan fingerprint density at radius 2 is 2.20 bits per heavy atom. The second-order valence-electron chi connectivity index (χ2n) is 4.43. The van der Waals surface area contributed by atoms with Crippen molar-refractivity contribution in [2.75, 3.05) is 11.9 Å². The van der Waals surface area contributed by atoms with Gasteiger partial charge in [0.25, 0.3) is 11.9 Å². The predicted molar refractivity (Wildman–Crippen MR) is 71.2 cm³/mol. The van der Waals surface area contributed by atoms with Crippen molar-refractivity contribution in [3.63, 3.8) is 0 Å². The van der Waals surface area contributed by atoms with E-state index in [0.29, 0.717) is 24.8 Å². The van der Waals surface area contributed by atoms with E-state index in [1.165, 1.54) is 0 Å². The van der Waals surface area contributed by atoms with Crippen LogP contribution in [0.3, 0.4) is 0 Å². The first-order valence-electron chi connectivity index (χ1n) is 6.28. The van der Waals surface area contributed by atoms with Gasteiger partial charge in [0.15, 0.2) is 11.4 Å². The van der Waals surface area contributed by atoms with Gasteiger partial charge in [0.2, 0.25) is 0 Å². The van der Waals surface area contributed by atoms with Crippen molar-refractivity contribution < 1.29 is 14.0 Å². The zero-order valence-corrected chi connectivity index (χ0v) is 11.0. The highest BCUT2D eigenvalue weighted by atomic mass is 16.5. The highest BCUT2D eigenvalue weighted by Crippen LogP contribution is 2.19. The summed E-state index contributed by atoms with van der Waals surface area (Å²) in [4.78, 5) is 8.34. The molecule has 0 saturated heterocycles. The lowest BCUT2D eigenvalue weighted by Gasteiger charge is -1.97. The van der Waals surface area contributed by atoms with Gasteiger partial charge in [0, 0.05) is 13.0 Å². The molecule has 104 valence electrons. The van der Waals surface area contributed by atoms with E-state index in [9.17, 15) is 0 Å². The van der Waals surface area contributed by atoms with Crippen LogP contribution in [0.5, 0.6) is 0 Å². The first-order chi connectivity index (χ1) is 9.74. The molecule has 0 atom stereocenters. The van der Waals surface area contributed by atoms with Crippen LogP contribution in [0.4, 0.5) is 6.01 Å². The predicted octanol–water partition coefficient (Wildman–Crippen LogP) is 1.67. The maximum Gasteiger partial charge on any atom is 0.295 e. The van der Waals surface area contributed by atoms with E-state index in [1.807, 2.05) is 25.1 Å². The molecular weight excluding hydrogens is 260 g/mol. The summed E-state index contributed by atoms with van der Waals surface area (Å²) in [6, 6.07) is 6.32. The molecule has 0 saturated carbocycles. The SMILES string of the molecule is Cc1ccc2oc(NCCc3noc(CO)n3)nc2c1. The highest BCUT2D eigenvalue weighted by Gasteiger charge is 2.07. The summed E-state index contributed by atoms with van der Waals surface area (Å²) in [6.45, 7) is 2.33. The fourth-order valence-corrected chi connectivity index (χ4v) is 1.85. The number of hydrogen-bond donors (Lipinski definition) is 2.